The largest absolute Gasteiger partial charge is 2.00 e. The molecular weight excluding hydrogens is 899 g/mol. The van der Waals surface area contributed by atoms with Gasteiger partial charge in [0, 0.05) is 84.1 Å². The fourth-order valence-electron chi connectivity index (χ4n) is 11.1. The van der Waals surface area contributed by atoms with Crippen molar-refractivity contribution in [1.82, 2.24) is 0 Å². The second kappa shape index (κ2) is 19.0. The Kier molecular flexibility index (Phi) is 15.2. The summed E-state index contributed by atoms with van der Waals surface area (Å²) >= 11 is 0. The Balaban J connectivity index is 0.00000925. The van der Waals surface area contributed by atoms with Gasteiger partial charge in [-0.15, -0.1) is 0 Å². The average Bonchev–Trinajstić information content (AvgIpc) is 3.72. The van der Waals surface area contributed by atoms with Crippen molar-refractivity contribution in [2.75, 3.05) is 0 Å². The van der Waals surface area contributed by atoms with E-state index < -0.39 is 144 Å². The number of carboxylic acids is 8. The molecule has 5 aliphatic rings. The summed E-state index contributed by atoms with van der Waals surface area (Å²) in [7, 11) is 0. The van der Waals surface area contributed by atoms with Crippen LogP contribution in [0.15, 0.2) is 49.2 Å². The Morgan fingerprint density at radius 3 is 1.83 bits per heavy atom. The first-order valence-electron chi connectivity index (χ1n) is 21.0. The summed E-state index contributed by atoms with van der Waals surface area (Å²) in [6, 6.07) is -1.22. The second-order valence-corrected chi connectivity index (χ2v) is 18.7. The van der Waals surface area contributed by atoms with Crippen LogP contribution in [0.25, 0.3) is 5.32 Å². The van der Waals surface area contributed by atoms with Crippen LogP contribution in [0.1, 0.15) is 125 Å². The van der Waals surface area contributed by atoms with Gasteiger partial charge in [0.15, 0.2) is 0 Å². The Bertz CT molecular complexity index is 2280. The Labute approximate surface area is 384 Å². The predicted molar refractivity (Wildman–Crippen MR) is 225 cm³/mol. The minimum absolute atomic E-state index is 0. The molecule has 20 nitrogen and oxygen atoms in total. The molecule has 5 aliphatic heterocycles. The van der Waals surface area contributed by atoms with Crippen molar-refractivity contribution >= 4 is 64.9 Å². The topological polar surface area (TPSA) is 350 Å². The number of allylic oxidation sites excluding steroid dienone is 4. The van der Waals surface area contributed by atoms with Crippen molar-refractivity contribution < 1.29 is 96.0 Å². The molecule has 0 saturated carbocycles. The molecule has 0 amide bonds. The maximum absolute atomic E-state index is 13.0. The number of carbonyl (C=O) groups is 8. The first kappa shape index (κ1) is 51.9. The summed E-state index contributed by atoms with van der Waals surface area (Å²) in [5, 5.41) is 86.6. The number of aliphatic carboxylic acids is 8. The fraction of sp³-hybridized carbons (Fsp3) is 0.614. The molecule has 1 saturated heterocycles. The normalized spacial score (nSPS) is 31.3. The molecule has 8 atom stereocenters. The van der Waals surface area contributed by atoms with E-state index in [1.807, 2.05) is 0 Å². The van der Waals surface area contributed by atoms with E-state index in [1.54, 1.807) is 34.6 Å². The van der Waals surface area contributed by atoms with Gasteiger partial charge in [-0.3, -0.25) is 53.3 Å². The molecule has 21 heteroatoms. The van der Waals surface area contributed by atoms with Gasteiger partial charge in [0.1, 0.15) is 0 Å². The number of carboxylic acid groups (broad SMARTS) is 8. The third kappa shape index (κ3) is 10.1. The predicted octanol–water partition coefficient (Wildman–Crippen LogP) is 5.46. The van der Waals surface area contributed by atoms with E-state index in [2.05, 4.69) is 0 Å². The Morgan fingerprint density at radius 2 is 1.29 bits per heavy atom. The van der Waals surface area contributed by atoms with E-state index >= 15 is 0 Å². The molecule has 0 spiro atoms. The summed E-state index contributed by atoms with van der Waals surface area (Å²) in [4.78, 5) is 115. The second-order valence-electron chi connectivity index (χ2n) is 18.7. The molecule has 65 heavy (non-hydrogen) atoms. The van der Waals surface area contributed by atoms with Crippen LogP contribution in [0.5, 0.6) is 0 Å². The van der Waals surface area contributed by atoms with E-state index in [0.717, 1.165) is 0 Å². The summed E-state index contributed by atoms with van der Waals surface area (Å²) in [5.74, 6) is -12.2. The first-order valence-corrected chi connectivity index (χ1v) is 21.0. The Hall–Kier alpha value is -5.70. The van der Waals surface area contributed by atoms with Gasteiger partial charge in [0.25, 0.3) is 0 Å². The molecule has 8 unspecified atom stereocenters. The van der Waals surface area contributed by atoms with Gasteiger partial charge in [-0.2, -0.15) is 5.70 Å². The minimum atomic E-state index is -1.69. The maximum atomic E-state index is 13.0. The van der Waals surface area contributed by atoms with Crippen molar-refractivity contribution in [2.24, 2.45) is 43.1 Å². The zero-order chi connectivity index (χ0) is 47.9. The smallest absolute Gasteiger partial charge is 0.680 e. The van der Waals surface area contributed by atoms with Gasteiger partial charge >= 0.3 is 64.5 Å². The fourth-order valence-corrected chi connectivity index (χ4v) is 11.1. The van der Waals surface area contributed by atoms with E-state index in [9.17, 15) is 79.2 Å². The summed E-state index contributed by atoms with van der Waals surface area (Å²) in [6.07, 6.45) is -4.20. The average molecular weight is 955 g/mol. The van der Waals surface area contributed by atoms with Crippen LogP contribution in [0, 0.1) is 28.1 Å². The number of hydrogen-bond acceptors (Lipinski definition) is 11. The SMILES string of the molecule is CC12CC3=C(CCC(=O)O)C(C)(CC(=O)O)C(=N3)C=C3[N-]C(C)(C4N=C(CC(=N1)C(CCC(=O)O)=C2CC(=O)O)C(C)(CCC(=O)O)C4CC(=O)O)C(C)(CC(=O)O)C3CCC(=O)O.[Co+2]. The van der Waals surface area contributed by atoms with Crippen LogP contribution in [0.3, 0.4) is 0 Å². The quantitative estimate of drug-likeness (QED) is 0.0751. The van der Waals surface area contributed by atoms with Gasteiger partial charge in [0.05, 0.1) is 31.2 Å². The van der Waals surface area contributed by atoms with Crippen molar-refractivity contribution in [3.05, 3.63) is 39.5 Å². The Morgan fingerprint density at radius 1 is 0.708 bits per heavy atom. The molecule has 8 N–H and O–H groups in total. The molecule has 5 rings (SSSR count). The zero-order valence-electron chi connectivity index (χ0n) is 36.7. The molecule has 0 aromatic carbocycles. The zero-order valence-corrected chi connectivity index (χ0v) is 37.7. The summed E-state index contributed by atoms with van der Waals surface area (Å²) < 4.78 is 0. The van der Waals surface area contributed by atoms with Crippen molar-refractivity contribution in [1.29, 1.82) is 0 Å². The van der Waals surface area contributed by atoms with E-state index in [4.69, 9.17) is 20.3 Å². The summed E-state index contributed by atoms with van der Waals surface area (Å²) in [6.45, 7) is 7.98. The standard InChI is InChI=1S/C44H56N4O16.Co/c1-40(13-12-34(55)56)25(15-36(59)60)39-44(5)42(3,20-38(63)64)23(8-11-33(53)54)27(48-44)17-30-41(2,19-37(61)62)22(7-10-32(51)52)28(45-30)18-43(4)24(14-35(57)58)21(6-9-31(49)50)26(47-43)16-29(40)46-39;/h17,23,25,39H,6-16,18-20H2,1-5H3,(H9,45,48,49,50,51,52,53,54,55,56,57,58,59,60,61,62,63,64);/q;+2/p-1. The number of rotatable bonds is 20. The van der Waals surface area contributed by atoms with Gasteiger partial charge in [-0.1, -0.05) is 32.4 Å². The van der Waals surface area contributed by atoms with Crippen LogP contribution < -0.4 is 0 Å². The third-order valence-corrected chi connectivity index (χ3v) is 14.5. The van der Waals surface area contributed by atoms with Crippen molar-refractivity contribution in [3.63, 3.8) is 0 Å². The van der Waals surface area contributed by atoms with Crippen LogP contribution in [-0.4, -0.2) is 123 Å². The number of hydrogen-bond donors (Lipinski definition) is 8. The van der Waals surface area contributed by atoms with Gasteiger partial charge in [-0.25, -0.2) is 0 Å². The van der Waals surface area contributed by atoms with Crippen molar-refractivity contribution in [2.45, 2.75) is 142 Å². The van der Waals surface area contributed by atoms with E-state index in [-0.39, 0.29) is 101 Å². The first-order chi connectivity index (χ1) is 29.6. The van der Waals surface area contributed by atoms with Crippen LogP contribution in [0.4, 0.5) is 0 Å². The molecule has 0 aromatic heterocycles. The van der Waals surface area contributed by atoms with Crippen LogP contribution in [0.2, 0.25) is 0 Å². The molecular formula is C44H55CoN4O16+. The maximum Gasteiger partial charge on any atom is 2.00 e. The van der Waals surface area contributed by atoms with E-state index in [0.29, 0.717) is 0 Å². The number of fused-ring (bicyclic) bond motifs is 6. The minimum Gasteiger partial charge on any atom is -0.680 e. The third-order valence-electron chi connectivity index (χ3n) is 14.5. The monoisotopic (exact) mass is 954 g/mol. The van der Waals surface area contributed by atoms with Gasteiger partial charge in [0.2, 0.25) is 0 Å². The molecule has 0 aromatic rings. The van der Waals surface area contributed by atoms with E-state index in [1.165, 1.54) is 6.08 Å². The number of aliphatic imine (C=N–C) groups is 3. The van der Waals surface area contributed by atoms with Gasteiger partial charge in [-0.05, 0) is 67.6 Å². The van der Waals surface area contributed by atoms with Gasteiger partial charge < -0.3 is 46.2 Å². The van der Waals surface area contributed by atoms with Crippen molar-refractivity contribution in [3.8, 4) is 0 Å². The van der Waals surface area contributed by atoms with Crippen LogP contribution in [-0.2, 0) is 55.1 Å². The molecule has 355 valence electrons. The summed E-state index contributed by atoms with van der Waals surface area (Å²) in [5.41, 5.74) is -6.18. The number of nitrogens with zero attached hydrogens (tertiary/aromatic N) is 4. The molecule has 5 heterocycles. The molecule has 1 fully saturated rings. The molecule has 0 aliphatic carbocycles. The molecule has 8 bridgehead atoms. The molecule has 1 radical (unpaired) electrons. The van der Waals surface area contributed by atoms with Crippen LogP contribution >= 0.6 is 0 Å².